The van der Waals surface area contributed by atoms with E-state index in [1.54, 1.807) is 19.9 Å². The van der Waals surface area contributed by atoms with Crippen molar-refractivity contribution < 1.29 is 23.5 Å². The van der Waals surface area contributed by atoms with Gasteiger partial charge in [0.05, 0.1) is 6.61 Å². The van der Waals surface area contributed by atoms with Gasteiger partial charge in [-0.2, -0.15) is 0 Å². The lowest BCUT2D eigenvalue weighted by Crippen LogP contribution is -2.44. The molecule has 1 aliphatic carbocycles. The number of nitrogens with zero attached hydrogens (tertiary/aromatic N) is 1. The summed E-state index contributed by atoms with van der Waals surface area (Å²) in [7, 11) is 0. The fraction of sp³-hybridized carbons (Fsp3) is 0.360. The molecule has 5 nitrogen and oxygen atoms in total. The van der Waals surface area contributed by atoms with Gasteiger partial charge in [0, 0.05) is 18.4 Å². The van der Waals surface area contributed by atoms with Crippen LogP contribution in [0.2, 0.25) is 0 Å². The largest absolute Gasteiger partial charge is 0.464 e. The van der Waals surface area contributed by atoms with E-state index in [0.717, 1.165) is 16.7 Å². The average molecular weight is 423 g/mol. The van der Waals surface area contributed by atoms with Crippen LogP contribution in [0, 0.1) is 24.6 Å². The highest BCUT2D eigenvalue weighted by Crippen LogP contribution is 2.47. The maximum Gasteiger partial charge on any atom is 0.410 e. The van der Waals surface area contributed by atoms with Crippen molar-refractivity contribution in [2.45, 2.75) is 32.9 Å². The summed E-state index contributed by atoms with van der Waals surface area (Å²) in [5.41, 5.74) is 3.42. The van der Waals surface area contributed by atoms with Gasteiger partial charge in [-0.1, -0.05) is 42.5 Å². The molecular formula is C25H26FNO4. The van der Waals surface area contributed by atoms with Gasteiger partial charge in [0.1, 0.15) is 18.5 Å². The van der Waals surface area contributed by atoms with Crippen LogP contribution in [0.25, 0.3) is 5.57 Å². The molecule has 1 aliphatic heterocycles. The van der Waals surface area contributed by atoms with E-state index in [1.807, 2.05) is 36.4 Å². The van der Waals surface area contributed by atoms with Crippen LogP contribution in [0.4, 0.5) is 9.18 Å². The van der Waals surface area contributed by atoms with Crippen LogP contribution >= 0.6 is 0 Å². The molecule has 162 valence electrons. The van der Waals surface area contributed by atoms with Crippen LogP contribution in [-0.4, -0.2) is 36.2 Å². The van der Waals surface area contributed by atoms with Gasteiger partial charge < -0.3 is 9.47 Å². The molecule has 4 rings (SSSR count). The molecule has 31 heavy (non-hydrogen) atoms. The quantitative estimate of drug-likeness (QED) is 0.652. The number of fused-ring (bicyclic) bond motifs is 1. The van der Waals surface area contributed by atoms with Gasteiger partial charge in [0.15, 0.2) is 0 Å². The predicted molar refractivity (Wildman–Crippen MR) is 114 cm³/mol. The van der Waals surface area contributed by atoms with Crippen LogP contribution in [0.3, 0.4) is 0 Å². The minimum Gasteiger partial charge on any atom is -0.464 e. The summed E-state index contributed by atoms with van der Waals surface area (Å²) in [6, 6.07) is 13.8. The summed E-state index contributed by atoms with van der Waals surface area (Å²) in [5, 5.41) is 0. The topological polar surface area (TPSA) is 55.8 Å². The van der Waals surface area contributed by atoms with Gasteiger partial charge in [0.2, 0.25) is 0 Å². The molecule has 0 radical (unpaired) electrons. The number of benzene rings is 2. The molecule has 0 N–H and O–H groups in total. The van der Waals surface area contributed by atoms with Gasteiger partial charge in [-0.3, -0.25) is 4.90 Å². The lowest BCUT2D eigenvalue weighted by molar-refractivity contribution is -0.149. The Morgan fingerprint density at radius 3 is 2.61 bits per heavy atom. The van der Waals surface area contributed by atoms with Crippen molar-refractivity contribution in [3.63, 3.8) is 0 Å². The summed E-state index contributed by atoms with van der Waals surface area (Å²) in [6.45, 7) is 4.24. The number of hydrogen-bond acceptors (Lipinski definition) is 4. The molecule has 0 unspecified atom stereocenters. The van der Waals surface area contributed by atoms with E-state index < -0.39 is 18.1 Å². The second-order valence-electron chi connectivity index (χ2n) is 8.02. The highest BCUT2D eigenvalue weighted by atomic mass is 19.1. The van der Waals surface area contributed by atoms with Crippen molar-refractivity contribution in [2.75, 3.05) is 13.2 Å². The van der Waals surface area contributed by atoms with Crippen LogP contribution in [0.5, 0.6) is 0 Å². The predicted octanol–water partition coefficient (Wildman–Crippen LogP) is 4.74. The molecule has 2 aromatic rings. The van der Waals surface area contributed by atoms with Gasteiger partial charge in [0.25, 0.3) is 0 Å². The number of esters is 1. The maximum absolute atomic E-state index is 13.7. The summed E-state index contributed by atoms with van der Waals surface area (Å²) in [6.07, 6.45) is 2.23. The van der Waals surface area contributed by atoms with E-state index >= 15 is 0 Å². The summed E-state index contributed by atoms with van der Waals surface area (Å²) in [5.74, 6) is -0.760. The summed E-state index contributed by atoms with van der Waals surface area (Å²) < 4.78 is 24.6. The Morgan fingerprint density at radius 2 is 1.90 bits per heavy atom. The van der Waals surface area contributed by atoms with E-state index in [4.69, 9.17) is 9.47 Å². The molecule has 1 heterocycles. The highest BCUT2D eigenvalue weighted by molar-refractivity contribution is 5.85. The molecular weight excluding hydrogens is 397 g/mol. The third kappa shape index (κ3) is 4.20. The van der Waals surface area contributed by atoms with Gasteiger partial charge >= 0.3 is 12.1 Å². The number of ether oxygens (including phenoxy) is 2. The summed E-state index contributed by atoms with van der Waals surface area (Å²) in [4.78, 5) is 27.2. The van der Waals surface area contributed by atoms with Gasteiger partial charge in [-0.15, -0.1) is 0 Å². The number of carbonyl (C=O) groups excluding carboxylic acids is 2. The Kier molecular flexibility index (Phi) is 6.07. The number of hydrogen-bond donors (Lipinski definition) is 0. The number of amides is 1. The fourth-order valence-corrected chi connectivity index (χ4v) is 4.62. The SMILES string of the molecule is CCOC(=O)[C@@H]1[C@H]2CC=C(c3ccc(F)c(C)c3)[C@H]2CN1C(=O)OCc1ccccc1. The lowest BCUT2D eigenvalue weighted by Gasteiger charge is -2.25. The first-order valence-electron chi connectivity index (χ1n) is 10.6. The molecule has 6 heteroatoms. The number of halogens is 1. The Labute approximate surface area is 181 Å². The van der Waals surface area contributed by atoms with Crippen LogP contribution < -0.4 is 0 Å². The van der Waals surface area contributed by atoms with Crippen LogP contribution in [0.1, 0.15) is 30.0 Å². The van der Waals surface area contributed by atoms with E-state index in [2.05, 4.69) is 6.08 Å². The Hall–Kier alpha value is -3.15. The molecule has 1 fully saturated rings. The second kappa shape index (κ2) is 8.92. The van der Waals surface area contributed by atoms with Crippen LogP contribution in [-0.2, 0) is 20.9 Å². The maximum atomic E-state index is 13.7. The number of likely N-dealkylation sites (tertiary alicyclic amines) is 1. The molecule has 0 spiro atoms. The van der Waals surface area contributed by atoms with Crippen molar-refractivity contribution in [3.8, 4) is 0 Å². The molecule has 2 aliphatic rings. The molecule has 0 aromatic heterocycles. The number of aryl methyl sites for hydroxylation is 1. The fourth-order valence-electron chi connectivity index (χ4n) is 4.62. The van der Waals surface area contributed by atoms with Crippen molar-refractivity contribution in [1.29, 1.82) is 0 Å². The normalized spacial score (nSPS) is 22.1. The first kappa shape index (κ1) is 21.1. The summed E-state index contributed by atoms with van der Waals surface area (Å²) >= 11 is 0. The molecule has 1 amide bonds. The molecule has 1 saturated heterocycles. The molecule has 2 aromatic carbocycles. The standard InChI is InChI=1S/C25H26FNO4/c1-3-30-24(28)23-20-11-10-19(18-9-12-22(26)16(2)13-18)21(20)14-27(23)25(29)31-15-17-7-5-4-6-8-17/h4-10,12-13,20-21,23H,3,11,14-15H2,1-2H3/t20-,21+,23-/m0/s1. The minimum atomic E-state index is -0.691. The van der Waals surface area contributed by atoms with Crippen molar-refractivity contribution in [1.82, 2.24) is 4.90 Å². The second-order valence-corrected chi connectivity index (χ2v) is 8.02. The zero-order chi connectivity index (χ0) is 22.0. The van der Waals surface area contributed by atoms with E-state index in [9.17, 15) is 14.0 Å². The zero-order valence-electron chi connectivity index (χ0n) is 17.7. The Balaban J connectivity index is 1.55. The minimum absolute atomic E-state index is 0.0245. The van der Waals surface area contributed by atoms with Gasteiger partial charge in [-0.25, -0.2) is 14.0 Å². The van der Waals surface area contributed by atoms with Crippen molar-refractivity contribution in [2.24, 2.45) is 11.8 Å². The van der Waals surface area contributed by atoms with Crippen molar-refractivity contribution >= 4 is 17.6 Å². The zero-order valence-corrected chi connectivity index (χ0v) is 17.7. The van der Waals surface area contributed by atoms with E-state index in [0.29, 0.717) is 18.5 Å². The number of allylic oxidation sites excluding steroid dienone is 1. The average Bonchev–Trinajstić information content (AvgIpc) is 3.34. The number of carbonyl (C=O) groups is 2. The Bertz CT molecular complexity index is 1000. The third-order valence-electron chi connectivity index (χ3n) is 6.12. The number of rotatable bonds is 5. The molecule has 0 saturated carbocycles. The van der Waals surface area contributed by atoms with E-state index in [1.165, 1.54) is 11.0 Å². The van der Waals surface area contributed by atoms with Gasteiger partial charge in [-0.05, 0) is 54.7 Å². The van der Waals surface area contributed by atoms with Crippen LogP contribution in [0.15, 0.2) is 54.6 Å². The van der Waals surface area contributed by atoms with E-state index in [-0.39, 0.29) is 30.9 Å². The third-order valence-corrected chi connectivity index (χ3v) is 6.12. The first-order chi connectivity index (χ1) is 15.0. The Morgan fingerprint density at radius 1 is 1.13 bits per heavy atom. The lowest BCUT2D eigenvalue weighted by atomic mass is 9.87. The smallest absolute Gasteiger partial charge is 0.410 e. The van der Waals surface area contributed by atoms with Crippen molar-refractivity contribution in [3.05, 3.63) is 77.1 Å². The highest BCUT2D eigenvalue weighted by Gasteiger charge is 2.52. The monoisotopic (exact) mass is 423 g/mol. The first-order valence-corrected chi connectivity index (χ1v) is 10.6. The molecule has 0 bridgehead atoms. The molecule has 3 atom stereocenters.